The lowest BCUT2D eigenvalue weighted by Gasteiger charge is -2.21. The third kappa shape index (κ3) is 5.21. The monoisotopic (exact) mass is 383 g/mol. The van der Waals surface area contributed by atoms with E-state index < -0.39 is 0 Å². The fourth-order valence-corrected chi connectivity index (χ4v) is 2.84. The molecule has 0 saturated heterocycles. The summed E-state index contributed by atoms with van der Waals surface area (Å²) < 4.78 is 11.2. The van der Waals surface area contributed by atoms with E-state index in [0.29, 0.717) is 26.3 Å². The van der Waals surface area contributed by atoms with Crippen LogP contribution < -0.4 is 0 Å². The number of carbonyl (C=O) groups is 1. The van der Waals surface area contributed by atoms with Crippen molar-refractivity contribution in [1.82, 2.24) is 4.90 Å². The van der Waals surface area contributed by atoms with Crippen molar-refractivity contribution in [2.24, 2.45) is 0 Å². The van der Waals surface area contributed by atoms with Gasteiger partial charge in [0.05, 0.1) is 15.1 Å². The predicted octanol–water partition coefficient (Wildman–Crippen LogP) is 2.48. The van der Waals surface area contributed by atoms with Crippen LogP contribution in [0, 0.1) is 2.88 Å². The van der Waals surface area contributed by atoms with Gasteiger partial charge in [-0.05, 0) is 35.1 Å². The molecular weight excluding hydrogens is 365 g/mol. The van der Waals surface area contributed by atoms with Crippen molar-refractivity contribution in [2.75, 3.05) is 40.5 Å². The quantitative estimate of drug-likeness (QED) is 0.512. The highest BCUT2D eigenvalue weighted by Gasteiger charge is 2.16. The molecule has 0 atom stereocenters. The molecular formula is C12H18INO3S. The van der Waals surface area contributed by atoms with Crippen molar-refractivity contribution in [3.63, 3.8) is 0 Å². The molecule has 4 nitrogen and oxygen atoms in total. The number of halogens is 1. The first-order valence-corrected chi connectivity index (χ1v) is 7.66. The molecule has 1 amide bonds. The molecule has 1 heterocycles. The summed E-state index contributed by atoms with van der Waals surface area (Å²) in [5, 5.41) is 1.90. The normalized spacial score (nSPS) is 10.6. The summed E-state index contributed by atoms with van der Waals surface area (Å²) in [6.07, 6.45) is 0.840. The Balaban J connectivity index is 2.59. The number of hydrogen-bond donors (Lipinski definition) is 0. The minimum atomic E-state index is 0.0716. The van der Waals surface area contributed by atoms with Gasteiger partial charge in [-0.2, -0.15) is 0 Å². The topological polar surface area (TPSA) is 38.8 Å². The molecule has 18 heavy (non-hydrogen) atoms. The summed E-state index contributed by atoms with van der Waals surface area (Å²) in [7, 11) is 3.31. The second-order valence-corrected chi connectivity index (χ2v) is 6.58. The highest BCUT2D eigenvalue weighted by Crippen LogP contribution is 2.18. The van der Waals surface area contributed by atoms with E-state index in [-0.39, 0.29) is 5.91 Å². The first kappa shape index (κ1) is 15.9. The molecule has 0 aliphatic heterocycles. The first-order chi connectivity index (χ1) is 8.69. The van der Waals surface area contributed by atoms with Gasteiger partial charge in [-0.25, -0.2) is 0 Å². The molecule has 1 aromatic heterocycles. The number of rotatable bonds is 8. The van der Waals surface area contributed by atoms with Crippen LogP contribution in [0.3, 0.4) is 0 Å². The largest absolute Gasteiger partial charge is 0.385 e. The summed E-state index contributed by atoms with van der Waals surface area (Å²) in [5.41, 5.74) is 0.762. The third-order valence-corrected chi connectivity index (χ3v) is 4.23. The van der Waals surface area contributed by atoms with E-state index in [0.717, 1.165) is 14.9 Å². The highest BCUT2D eigenvalue weighted by molar-refractivity contribution is 14.1. The van der Waals surface area contributed by atoms with Crippen LogP contribution in [0.4, 0.5) is 0 Å². The van der Waals surface area contributed by atoms with Crippen molar-refractivity contribution in [3.05, 3.63) is 19.9 Å². The van der Waals surface area contributed by atoms with Gasteiger partial charge in [0.15, 0.2) is 0 Å². The van der Waals surface area contributed by atoms with Gasteiger partial charge >= 0.3 is 0 Å². The SMILES string of the molecule is COCCCN(CCOC)C(=O)c1csc(I)c1. The fourth-order valence-electron chi connectivity index (χ4n) is 1.52. The van der Waals surface area contributed by atoms with Gasteiger partial charge < -0.3 is 14.4 Å². The Morgan fingerprint density at radius 2 is 2.06 bits per heavy atom. The van der Waals surface area contributed by atoms with Crippen LogP contribution in [-0.2, 0) is 9.47 Å². The summed E-state index contributed by atoms with van der Waals surface area (Å²) in [4.78, 5) is 14.1. The lowest BCUT2D eigenvalue weighted by Crippen LogP contribution is -2.35. The van der Waals surface area contributed by atoms with E-state index in [1.165, 1.54) is 0 Å². The molecule has 0 N–H and O–H groups in total. The Labute approximate surface area is 125 Å². The van der Waals surface area contributed by atoms with Gasteiger partial charge in [0.2, 0.25) is 0 Å². The van der Waals surface area contributed by atoms with E-state index in [1.807, 2.05) is 16.3 Å². The number of hydrogen-bond acceptors (Lipinski definition) is 4. The average Bonchev–Trinajstić information content (AvgIpc) is 2.79. The van der Waals surface area contributed by atoms with Gasteiger partial charge in [0.25, 0.3) is 5.91 Å². The van der Waals surface area contributed by atoms with Crippen LogP contribution in [0.25, 0.3) is 0 Å². The molecule has 6 heteroatoms. The van der Waals surface area contributed by atoms with Gasteiger partial charge in [0, 0.05) is 39.3 Å². The average molecular weight is 383 g/mol. The van der Waals surface area contributed by atoms with Crippen molar-refractivity contribution >= 4 is 39.8 Å². The number of methoxy groups -OCH3 is 2. The molecule has 0 aliphatic rings. The molecule has 0 fully saturated rings. The number of thiophene rings is 1. The van der Waals surface area contributed by atoms with E-state index in [4.69, 9.17) is 9.47 Å². The lowest BCUT2D eigenvalue weighted by molar-refractivity contribution is 0.0674. The van der Waals surface area contributed by atoms with Gasteiger partial charge in [-0.3, -0.25) is 4.79 Å². The molecule has 1 aromatic rings. The zero-order valence-corrected chi connectivity index (χ0v) is 13.6. The van der Waals surface area contributed by atoms with Crippen molar-refractivity contribution in [2.45, 2.75) is 6.42 Å². The van der Waals surface area contributed by atoms with Crippen LogP contribution in [0.15, 0.2) is 11.4 Å². The summed E-state index contributed by atoms with van der Waals surface area (Å²) in [6.45, 7) is 2.53. The number of ether oxygens (including phenoxy) is 2. The molecule has 1 rings (SSSR count). The Hall–Kier alpha value is -0.180. The van der Waals surface area contributed by atoms with Crippen LogP contribution in [-0.4, -0.2) is 51.3 Å². The number of amides is 1. The van der Waals surface area contributed by atoms with Gasteiger partial charge in [-0.1, -0.05) is 0 Å². The van der Waals surface area contributed by atoms with E-state index in [2.05, 4.69) is 22.6 Å². The maximum absolute atomic E-state index is 12.3. The molecule has 0 aliphatic carbocycles. The van der Waals surface area contributed by atoms with E-state index in [9.17, 15) is 4.79 Å². The highest BCUT2D eigenvalue weighted by atomic mass is 127. The third-order valence-electron chi connectivity index (χ3n) is 2.44. The molecule has 102 valence electrons. The minimum absolute atomic E-state index is 0.0716. The summed E-state index contributed by atoms with van der Waals surface area (Å²) in [5.74, 6) is 0.0716. The predicted molar refractivity (Wildman–Crippen MR) is 81.3 cm³/mol. The zero-order valence-electron chi connectivity index (χ0n) is 10.6. The van der Waals surface area contributed by atoms with Gasteiger partial charge in [0.1, 0.15) is 0 Å². The van der Waals surface area contributed by atoms with Crippen molar-refractivity contribution in [3.8, 4) is 0 Å². The molecule has 0 bridgehead atoms. The van der Waals surface area contributed by atoms with Crippen molar-refractivity contribution in [1.29, 1.82) is 0 Å². The van der Waals surface area contributed by atoms with Crippen LogP contribution >= 0.6 is 33.9 Å². The number of nitrogens with zero attached hydrogens (tertiary/aromatic N) is 1. The Morgan fingerprint density at radius 1 is 1.33 bits per heavy atom. The molecule has 0 aromatic carbocycles. The Bertz CT molecular complexity index is 370. The summed E-state index contributed by atoms with van der Waals surface area (Å²) in [6, 6.07) is 1.92. The summed E-state index contributed by atoms with van der Waals surface area (Å²) >= 11 is 3.81. The number of carbonyl (C=O) groups excluding carboxylic acids is 1. The standard InChI is InChI=1S/C12H18INO3S/c1-16-6-3-4-14(5-7-17-2)12(15)10-8-11(13)18-9-10/h8-9H,3-7H2,1-2H3. The van der Waals surface area contributed by atoms with Crippen LogP contribution in [0.5, 0.6) is 0 Å². The van der Waals surface area contributed by atoms with Gasteiger partial charge in [-0.15, -0.1) is 11.3 Å². The Kier molecular flexibility index (Phi) is 7.80. The molecule has 0 saturated carbocycles. The maximum atomic E-state index is 12.3. The van der Waals surface area contributed by atoms with Crippen LogP contribution in [0.1, 0.15) is 16.8 Å². The lowest BCUT2D eigenvalue weighted by atomic mass is 10.2. The van der Waals surface area contributed by atoms with E-state index in [1.54, 1.807) is 25.6 Å². The van der Waals surface area contributed by atoms with Crippen LogP contribution in [0.2, 0.25) is 0 Å². The molecule has 0 unspecified atom stereocenters. The van der Waals surface area contributed by atoms with E-state index >= 15 is 0 Å². The Morgan fingerprint density at radius 3 is 2.61 bits per heavy atom. The second kappa shape index (κ2) is 8.84. The molecule has 0 spiro atoms. The first-order valence-electron chi connectivity index (χ1n) is 5.70. The second-order valence-electron chi connectivity index (χ2n) is 3.77. The fraction of sp³-hybridized carbons (Fsp3) is 0.583. The minimum Gasteiger partial charge on any atom is -0.385 e. The van der Waals surface area contributed by atoms with Crippen molar-refractivity contribution < 1.29 is 14.3 Å². The maximum Gasteiger partial charge on any atom is 0.254 e. The smallest absolute Gasteiger partial charge is 0.254 e. The molecule has 0 radical (unpaired) electrons. The zero-order chi connectivity index (χ0) is 13.4.